The molecule has 5 heteroatoms. The van der Waals surface area contributed by atoms with Crippen LogP contribution in [0.3, 0.4) is 0 Å². The van der Waals surface area contributed by atoms with E-state index in [2.05, 4.69) is 15.5 Å². The maximum Gasteiger partial charge on any atom is 0.151 e. The zero-order chi connectivity index (χ0) is 11.4. The first kappa shape index (κ1) is 11.6. The maximum absolute atomic E-state index is 9.93. The Morgan fingerprint density at radius 2 is 2.00 bits per heavy atom. The molecule has 2 unspecified atom stereocenters. The zero-order valence-corrected chi connectivity index (χ0v) is 9.82. The standard InChI is InChI=1S/C11H16ClN3O/c12-10-6-7-11(15-14-10)13-8-4-2-1-3-5-9(8)16/h6-9,16H,1-5H2,(H,13,15). The van der Waals surface area contributed by atoms with Gasteiger partial charge in [0.2, 0.25) is 0 Å². The average molecular weight is 242 g/mol. The summed E-state index contributed by atoms with van der Waals surface area (Å²) in [5.41, 5.74) is 0. The highest BCUT2D eigenvalue weighted by atomic mass is 35.5. The number of aliphatic hydroxyl groups excluding tert-OH is 1. The Balaban J connectivity index is 1.99. The van der Waals surface area contributed by atoms with E-state index >= 15 is 0 Å². The van der Waals surface area contributed by atoms with E-state index < -0.39 is 0 Å². The van der Waals surface area contributed by atoms with Gasteiger partial charge in [-0.05, 0) is 25.0 Å². The summed E-state index contributed by atoms with van der Waals surface area (Å²) < 4.78 is 0. The molecular formula is C11H16ClN3O. The second-order valence-corrected chi connectivity index (χ2v) is 4.58. The van der Waals surface area contributed by atoms with Gasteiger partial charge in [0.05, 0.1) is 12.1 Å². The number of rotatable bonds is 2. The second kappa shape index (κ2) is 5.46. The molecule has 1 fully saturated rings. The van der Waals surface area contributed by atoms with E-state index in [1.54, 1.807) is 12.1 Å². The van der Waals surface area contributed by atoms with Crippen molar-refractivity contribution < 1.29 is 5.11 Å². The number of aromatic nitrogens is 2. The van der Waals surface area contributed by atoms with E-state index in [0.29, 0.717) is 11.0 Å². The van der Waals surface area contributed by atoms with Gasteiger partial charge in [-0.1, -0.05) is 30.9 Å². The van der Waals surface area contributed by atoms with Crippen molar-refractivity contribution >= 4 is 17.4 Å². The molecule has 0 aromatic carbocycles. The lowest BCUT2D eigenvalue weighted by molar-refractivity contribution is 0.144. The van der Waals surface area contributed by atoms with Gasteiger partial charge in [-0.2, -0.15) is 0 Å². The van der Waals surface area contributed by atoms with E-state index in [9.17, 15) is 5.11 Å². The van der Waals surface area contributed by atoms with Crippen LogP contribution >= 0.6 is 11.6 Å². The Morgan fingerprint density at radius 1 is 1.19 bits per heavy atom. The van der Waals surface area contributed by atoms with E-state index in [0.717, 1.165) is 25.7 Å². The van der Waals surface area contributed by atoms with Crippen molar-refractivity contribution in [3.05, 3.63) is 17.3 Å². The van der Waals surface area contributed by atoms with Crippen molar-refractivity contribution in [2.24, 2.45) is 0 Å². The first-order valence-corrected chi connectivity index (χ1v) is 6.07. The van der Waals surface area contributed by atoms with Gasteiger partial charge in [-0.15, -0.1) is 10.2 Å². The Morgan fingerprint density at radius 3 is 2.75 bits per heavy atom. The summed E-state index contributed by atoms with van der Waals surface area (Å²) in [6, 6.07) is 3.56. The molecule has 2 rings (SSSR count). The largest absolute Gasteiger partial charge is 0.391 e. The van der Waals surface area contributed by atoms with Crippen molar-refractivity contribution in [2.75, 3.05) is 5.32 Å². The predicted octanol–water partition coefficient (Wildman–Crippen LogP) is 2.24. The molecule has 0 radical (unpaired) electrons. The van der Waals surface area contributed by atoms with Crippen molar-refractivity contribution in [1.29, 1.82) is 0 Å². The van der Waals surface area contributed by atoms with E-state index in [-0.39, 0.29) is 12.1 Å². The average Bonchev–Trinajstić information content (AvgIpc) is 2.48. The third-order valence-corrected chi connectivity index (χ3v) is 3.15. The van der Waals surface area contributed by atoms with Crippen molar-refractivity contribution in [3.8, 4) is 0 Å². The molecule has 1 aliphatic carbocycles. The molecular weight excluding hydrogens is 226 g/mol. The molecule has 1 aliphatic rings. The van der Waals surface area contributed by atoms with E-state index in [4.69, 9.17) is 11.6 Å². The smallest absolute Gasteiger partial charge is 0.151 e. The van der Waals surface area contributed by atoms with Crippen LogP contribution in [0.5, 0.6) is 0 Å². The topological polar surface area (TPSA) is 58.0 Å². The summed E-state index contributed by atoms with van der Waals surface area (Å²) in [7, 11) is 0. The van der Waals surface area contributed by atoms with Crippen molar-refractivity contribution in [2.45, 2.75) is 44.2 Å². The van der Waals surface area contributed by atoms with Gasteiger partial charge in [0.15, 0.2) is 5.15 Å². The van der Waals surface area contributed by atoms with Gasteiger partial charge in [0, 0.05) is 0 Å². The van der Waals surface area contributed by atoms with Crippen LogP contribution in [0, 0.1) is 0 Å². The molecule has 4 nitrogen and oxygen atoms in total. The summed E-state index contributed by atoms with van der Waals surface area (Å²) in [5.74, 6) is 0.676. The van der Waals surface area contributed by atoms with E-state index in [1.807, 2.05) is 0 Å². The fourth-order valence-corrected chi connectivity index (χ4v) is 2.14. The van der Waals surface area contributed by atoms with Gasteiger partial charge < -0.3 is 10.4 Å². The third kappa shape index (κ3) is 3.06. The molecule has 16 heavy (non-hydrogen) atoms. The molecule has 0 amide bonds. The van der Waals surface area contributed by atoms with Crippen LogP contribution in [0.4, 0.5) is 5.82 Å². The summed E-state index contributed by atoms with van der Waals surface area (Å²) >= 11 is 5.66. The van der Waals surface area contributed by atoms with Crippen molar-refractivity contribution in [1.82, 2.24) is 10.2 Å². The van der Waals surface area contributed by atoms with Crippen LogP contribution in [-0.4, -0.2) is 27.4 Å². The SMILES string of the molecule is OC1CCCCCC1Nc1ccc(Cl)nn1. The maximum atomic E-state index is 9.93. The van der Waals surface area contributed by atoms with Crippen LogP contribution in [-0.2, 0) is 0 Å². The Labute approximate surface area is 100 Å². The molecule has 0 aliphatic heterocycles. The number of anilines is 1. The van der Waals surface area contributed by atoms with E-state index in [1.165, 1.54) is 6.42 Å². The first-order chi connectivity index (χ1) is 7.75. The molecule has 2 N–H and O–H groups in total. The first-order valence-electron chi connectivity index (χ1n) is 5.69. The lowest BCUT2D eigenvalue weighted by Gasteiger charge is -2.21. The minimum absolute atomic E-state index is 0.0815. The summed E-state index contributed by atoms with van der Waals surface area (Å²) in [5, 5.41) is 21.2. The van der Waals surface area contributed by atoms with Crippen LogP contribution in [0.25, 0.3) is 0 Å². The molecule has 1 saturated carbocycles. The molecule has 0 spiro atoms. The molecule has 0 saturated heterocycles. The van der Waals surface area contributed by atoms with Crippen LogP contribution in [0.2, 0.25) is 5.15 Å². The van der Waals surface area contributed by atoms with Gasteiger partial charge in [0.1, 0.15) is 5.82 Å². The van der Waals surface area contributed by atoms with Crippen molar-refractivity contribution in [3.63, 3.8) is 0 Å². The summed E-state index contributed by atoms with van der Waals surface area (Å²) in [4.78, 5) is 0. The number of nitrogens with one attached hydrogen (secondary N) is 1. The summed E-state index contributed by atoms with van der Waals surface area (Å²) in [6.07, 6.45) is 4.99. The fraction of sp³-hybridized carbons (Fsp3) is 0.636. The number of hydrogen-bond donors (Lipinski definition) is 2. The molecule has 88 valence electrons. The van der Waals surface area contributed by atoms with Crippen LogP contribution < -0.4 is 5.32 Å². The third-order valence-electron chi connectivity index (χ3n) is 2.94. The Kier molecular flexibility index (Phi) is 3.96. The number of halogens is 1. The fourth-order valence-electron chi connectivity index (χ4n) is 2.04. The molecule has 1 aromatic rings. The predicted molar refractivity (Wildman–Crippen MR) is 63.5 cm³/mol. The number of nitrogens with zero attached hydrogens (tertiary/aromatic N) is 2. The van der Waals surface area contributed by atoms with Gasteiger partial charge in [-0.25, -0.2) is 0 Å². The number of aliphatic hydroxyl groups is 1. The lowest BCUT2D eigenvalue weighted by Crippen LogP contribution is -2.32. The normalized spacial score (nSPS) is 26.1. The van der Waals surface area contributed by atoms with Gasteiger partial charge in [-0.3, -0.25) is 0 Å². The number of hydrogen-bond acceptors (Lipinski definition) is 4. The van der Waals surface area contributed by atoms with Crippen LogP contribution in [0.15, 0.2) is 12.1 Å². The monoisotopic (exact) mass is 241 g/mol. The van der Waals surface area contributed by atoms with Crippen LogP contribution in [0.1, 0.15) is 32.1 Å². The Bertz CT molecular complexity index is 331. The minimum Gasteiger partial charge on any atom is -0.391 e. The second-order valence-electron chi connectivity index (χ2n) is 4.20. The molecule has 0 bridgehead atoms. The Hall–Kier alpha value is -0.870. The molecule has 1 aromatic heterocycles. The quantitative estimate of drug-likeness (QED) is 0.780. The summed E-state index contributed by atoms with van der Waals surface area (Å²) in [6.45, 7) is 0. The zero-order valence-electron chi connectivity index (χ0n) is 9.06. The van der Waals surface area contributed by atoms with Gasteiger partial charge in [0.25, 0.3) is 0 Å². The minimum atomic E-state index is -0.292. The molecule has 2 atom stereocenters. The molecule has 1 heterocycles. The highest BCUT2D eigenvalue weighted by Crippen LogP contribution is 2.20. The highest BCUT2D eigenvalue weighted by Gasteiger charge is 2.21. The lowest BCUT2D eigenvalue weighted by atomic mass is 10.1. The van der Waals surface area contributed by atoms with Gasteiger partial charge >= 0.3 is 0 Å². The highest BCUT2D eigenvalue weighted by molar-refractivity contribution is 6.29.